The van der Waals surface area contributed by atoms with E-state index >= 15 is 0 Å². The van der Waals surface area contributed by atoms with Gasteiger partial charge in [-0.15, -0.1) is 0 Å². The van der Waals surface area contributed by atoms with Crippen molar-refractivity contribution in [2.45, 2.75) is 83.1 Å². The normalized spacial score (nSPS) is 21.6. The Morgan fingerprint density at radius 2 is 1.84 bits per heavy atom. The molecule has 108 valence electrons. The van der Waals surface area contributed by atoms with Gasteiger partial charge in [0.2, 0.25) is 5.89 Å². The summed E-state index contributed by atoms with van der Waals surface area (Å²) in [7, 11) is 0. The lowest BCUT2D eigenvalue weighted by molar-refractivity contribution is 0.281. The van der Waals surface area contributed by atoms with Gasteiger partial charge >= 0.3 is 0 Å². The van der Waals surface area contributed by atoms with Crippen LogP contribution in [0, 0.1) is 0 Å². The second kappa shape index (κ2) is 6.51. The van der Waals surface area contributed by atoms with Gasteiger partial charge in [0.1, 0.15) is 0 Å². The average Bonchev–Trinajstić information content (AvgIpc) is 2.78. The Labute approximate surface area is 116 Å². The van der Waals surface area contributed by atoms with E-state index in [9.17, 15) is 0 Å². The van der Waals surface area contributed by atoms with Crippen LogP contribution in [-0.2, 0) is 5.54 Å². The van der Waals surface area contributed by atoms with Crippen molar-refractivity contribution in [1.29, 1.82) is 0 Å². The van der Waals surface area contributed by atoms with E-state index < -0.39 is 5.54 Å². The summed E-state index contributed by atoms with van der Waals surface area (Å²) in [5.41, 5.74) is 5.77. The van der Waals surface area contributed by atoms with E-state index in [4.69, 9.17) is 10.3 Å². The molecule has 4 nitrogen and oxygen atoms in total. The molecule has 19 heavy (non-hydrogen) atoms. The molecule has 1 unspecified atom stereocenters. The lowest BCUT2D eigenvalue weighted by Gasteiger charge is -2.18. The summed E-state index contributed by atoms with van der Waals surface area (Å²) in [5.74, 6) is 1.95. The minimum Gasteiger partial charge on any atom is -0.337 e. The van der Waals surface area contributed by atoms with Crippen LogP contribution in [0.2, 0.25) is 0 Å². The minimum absolute atomic E-state index is 0.468. The predicted molar refractivity (Wildman–Crippen MR) is 75.8 cm³/mol. The number of hydrogen-bond acceptors (Lipinski definition) is 4. The van der Waals surface area contributed by atoms with Crippen molar-refractivity contribution in [1.82, 2.24) is 10.1 Å². The van der Waals surface area contributed by atoms with E-state index in [0.717, 1.165) is 18.7 Å². The van der Waals surface area contributed by atoms with E-state index in [0.29, 0.717) is 11.8 Å². The summed E-state index contributed by atoms with van der Waals surface area (Å²) in [4.78, 5) is 4.59. The van der Waals surface area contributed by atoms with E-state index in [2.05, 4.69) is 17.1 Å². The third-order valence-corrected chi connectivity index (χ3v) is 4.17. The zero-order chi connectivity index (χ0) is 13.7. The highest BCUT2D eigenvalue weighted by molar-refractivity contribution is 5.03. The number of aromatic nitrogens is 2. The van der Waals surface area contributed by atoms with E-state index in [-0.39, 0.29) is 0 Å². The first-order chi connectivity index (χ1) is 9.13. The molecule has 1 heterocycles. The molecule has 0 aromatic carbocycles. The van der Waals surface area contributed by atoms with Gasteiger partial charge in [-0.2, -0.15) is 4.98 Å². The maximum atomic E-state index is 6.25. The lowest BCUT2D eigenvalue weighted by atomic mass is 9.90. The average molecular weight is 265 g/mol. The second-order valence-corrected chi connectivity index (χ2v) is 6.17. The highest BCUT2D eigenvalue weighted by atomic mass is 16.5. The van der Waals surface area contributed by atoms with Gasteiger partial charge < -0.3 is 10.3 Å². The van der Waals surface area contributed by atoms with Crippen LogP contribution in [0.5, 0.6) is 0 Å². The molecule has 1 saturated carbocycles. The highest BCUT2D eigenvalue weighted by Gasteiger charge is 2.29. The van der Waals surface area contributed by atoms with Gasteiger partial charge in [-0.3, -0.25) is 0 Å². The second-order valence-electron chi connectivity index (χ2n) is 6.17. The molecule has 1 aliphatic carbocycles. The van der Waals surface area contributed by atoms with Crippen LogP contribution < -0.4 is 5.73 Å². The van der Waals surface area contributed by atoms with Gasteiger partial charge in [-0.05, 0) is 26.2 Å². The van der Waals surface area contributed by atoms with Crippen molar-refractivity contribution in [3.8, 4) is 0 Å². The Balaban J connectivity index is 2.06. The molecule has 1 aliphatic rings. The topological polar surface area (TPSA) is 64.9 Å². The van der Waals surface area contributed by atoms with Crippen LogP contribution in [0.4, 0.5) is 0 Å². The maximum absolute atomic E-state index is 6.25. The monoisotopic (exact) mass is 265 g/mol. The summed E-state index contributed by atoms with van der Waals surface area (Å²) >= 11 is 0. The van der Waals surface area contributed by atoms with Crippen molar-refractivity contribution in [2.24, 2.45) is 5.73 Å². The van der Waals surface area contributed by atoms with Crippen LogP contribution >= 0.6 is 0 Å². The zero-order valence-electron chi connectivity index (χ0n) is 12.3. The van der Waals surface area contributed by atoms with E-state index in [1.54, 1.807) is 0 Å². The van der Waals surface area contributed by atoms with Gasteiger partial charge in [0.25, 0.3) is 0 Å². The summed E-state index contributed by atoms with van der Waals surface area (Å²) in [6, 6.07) is 0. The van der Waals surface area contributed by atoms with Gasteiger partial charge in [-0.25, -0.2) is 0 Å². The third-order valence-electron chi connectivity index (χ3n) is 4.17. The number of hydrogen-bond donors (Lipinski definition) is 1. The molecule has 0 saturated heterocycles. The van der Waals surface area contributed by atoms with E-state index in [1.807, 2.05) is 6.92 Å². The molecule has 0 aliphatic heterocycles. The van der Waals surface area contributed by atoms with Crippen LogP contribution in [-0.4, -0.2) is 10.1 Å². The largest absolute Gasteiger partial charge is 0.337 e. The maximum Gasteiger partial charge on any atom is 0.246 e. The lowest BCUT2D eigenvalue weighted by Crippen LogP contribution is -2.33. The fraction of sp³-hybridized carbons (Fsp3) is 0.867. The number of nitrogens with two attached hydrogens (primary N) is 1. The summed E-state index contributed by atoms with van der Waals surface area (Å²) < 4.78 is 5.42. The third kappa shape index (κ3) is 3.78. The van der Waals surface area contributed by atoms with Gasteiger partial charge in [-0.1, -0.05) is 50.6 Å². The summed E-state index contributed by atoms with van der Waals surface area (Å²) in [5, 5.41) is 4.19. The van der Waals surface area contributed by atoms with Crippen molar-refractivity contribution >= 4 is 0 Å². The van der Waals surface area contributed by atoms with Crippen molar-refractivity contribution < 1.29 is 4.52 Å². The smallest absolute Gasteiger partial charge is 0.246 e. The Morgan fingerprint density at radius 1 is 1.21 bits per heavy atom. The van der Waals surface area contributed by atoms with Gasteiger partial charge in [0.05, 0.1) is 5.54 Å². The summed E-state index contributed by atoms with van der Waals surface area (Å²) in [6.45, 7) is 4.10. The molecule has 2 rings (SSSR count). The molecule has 1 atom stereocenters. The standard InChI is InChI=1S/C15H27N3O/c1-3-11-15(2,16)14-17-13(18-19-14)12-9-7-5-4-6-8-10-12/h12H,3-11,16H2,1-2H3. The first-order valence-electron chi connectivity index (χ1n) is 7.76. The molecule has 0 bridgehead atoms. The highest BCUT2D eigenvalue weighted by Crippen LogP contribution is 2.30. The molecule has 2 N–H and O–H groups in total. The molecular weight excluding hydrogens is 238 g/mol. The predicted octanol–water partition coefficient (Wildman–Crippen LogP) is 3.87. The minimum atomic E-state index is -0.485. The van der Waals surface area contributed by atoms with Crippen LogP contribution in [0.3, 0.4) is 0 Å². The number of rotatable bonds is 4. The molecule has 0 amide bonds. The molecular formula is C15H27N3O. The fourth-order valence-electron chi connectivity index (χ4n) is 2.97. The van der Waals surface area contributed by atoms with Crippen molar-refractivity contribution in [3.63, 3.8) is 0 Å². The number of nitrogens with zero attached hydrogens (tertiary/aromatic N) is 2. The molecule has 0 radical (unpaired) electrons. The zero-order valence-corrected chi connectivity index (χ0v) is 12.3. The first kappa shape index (κ1) is 14.5. The van der Waals surface area contributed by atoms with Crippen molar-refractivity contribution in [2.75, 3.05) is 0 Å². The molecule has 4 heteroatoms. The molecule has 1 aromatic heterocycles. The van der Waals surface area contributed by atoms with Crippen LogP contribution in [0.15, 0.2) is 4.52 Å². The van der Waals surface area contributed by atoms with E-state index in [1.165, 1.54) is 44.9 Å². The Morgan fingerprint density at radius 3 is 2.47 bits per heavy atom. The van der Waals surface area contributed by atoms with Crippen molar-refractivity contribution in [3.05, 3.63) is 11.7 Å². The first-order valence-corrected chi connectivity index (χ1v) is 7.76. The Kier molecular flexibility index (Phi) is 4.97. The molecule has 0 spiro atoms. The van der Waals surface area contributed by atoms with Gasteiger partial charge in [0, 0.05) is 5.92 Å². The quantitative estimate of drug-likeness (QED) is 0.897. The van der Waals surface area contributed by atoms with Gasteiger partial charge in [0.15, 0.2) is 5.82 Å². The Bertz CT molecular complexity index is 378. The molecule has 1 aromatic rings. The SMILES string of the molecule is CCCC(C)(N)c1nc(C2CCCCCCC2)no1. The molecule has 1 fully saturated rings. The van der Waals surface area contributed by atoms with Crippen LogP contribution in [0.1, 0.15) is 89.3 Å². The van der Waals surface area contributed by atoms with Crippen LogP contribution in [0.25, 0.3) is 0 Å². The fourth-order valence-corrected chi connectivity index (χ4v) is 2.97. The Hall–Kier alpha value is -0.900. The summed E-state index contributed by atoms with van der Waals surface area (Å²) in [6.07, 6.45) is 10.9.